The fourth-order valence-corrected chi connectivity index (χ4v) is 2.13. The molecule has 0 saturated carbocycles. The summed E-state index contributed by atoms with van der Waals surface area (Å²) in [6.45, 7) is 3.20. The van der Waals surface area contributed by atoms with Crippen molar-refractivity contribution >= 4 is 5.65 Å². The molecule has 1 saturated heterocycles. The first kappa shape index (κ1) is 11.4. The smallest absolute Gasteiger partial charge is 0.215 e. The Bertz CT molecular complexity index is 561. The predicted molar refractivity (Wildman–Crippen MR) is 63.3 cm³/mol. The van der Waals surface area contributed by atoms with E-state index in [0.717, 1.165) is 5.69 Å². The molecule has 0 aromatic carbocycles. The molecule has 0 bridgehead atoms. The summed E-state index contributed by atoms with van der Waals surface area (Å²) in [5.41, 5.74) is 1.45. The molecule has 0 amide bonds. The number of aromatic hydroxyl groups is 1. The molecule has 0 atom stereocenters. The van der Waals surface area contributed by atoms with Gasteiger partial charge in [0.2, 0.25) is 5.88 Å². The summed E-state index contributed by atoms with van der Waals surface area (Å²) in [6.07, 6.45) is 3.01. The number of nitrogens with zero attached hydrogens (tertiary/aromatic N) is 3. The summed E-state index contributed by atoms with van der Waals surface area (Å²) in [5.74, 6) is -0.428. The molecular weight excluding hydrogens is 234 g/mol. The predicted octanol–water partition coefficient (Wildman–Crippen LogP) is 1.13. The molecule has 0 radical (unpaired) electrons. The zero-order valence-corrected chi connectivity index (χ0v) is 10.2. The largest absolute Gasteiger partial charge is 0.493 e. The molecule has 2 aromatic rings. The topological polar surface area (TPSA) is 68.9 Å². The summed E-state index contributed by atoms with van der Waals surface area (Å²) in [4.78, 5) is 4.42. The van der Waals surface area contributed by atoms with E-state index in [4.69, 9.17) is 9.47 Å². The van der Waals surface area contributed by atoms with Gasteiger partial charge in [0, 0.05) is 24.2 Å². The first-order valence-corrected chi connectivity index (χ1v) is 5.97. The number of aromatic nitrogens is 3. The number of ether oxygens (including phenoxy) is 2. The number of aryl methyl sites for hydroxylation is 1. The molecule has 1 aliphatic rings. The van der Waals surface area contributed by atoms with Gasteiger partial charge in [0.05, 0.1) is 19.4 Å². The van der Waals surface area contributed by atoms with Crippen LogP contribution in [0.2, 0.25) is 0 Å². The quantitative estimate of drug-likeness (QED) is 0.883. The van der Waals surface area contributed by atoms with Gasteiger partial charge < -0.3 is 14.6 Å². The van der Waals surface area contributed by atoms with Gasteiger partial charge in [-0.15, -0.1) is 0 Å². The fraction of sp³-hybridized carbons (Fsp3) is 0.500. The zero-order valence-electron chi connectivity index (χ0n) is 10.2. The lowest BCUT2D eigenvalue weighted by molar-refractivity contribution is -0.146. The molecule has 3 rings (SSSR count). The van der Waals surface area contributed by atoms with Crippen LogP contribution in [0, 0.1) is 0 Å². The molecule has 1 aliphatic heterocycles. The van der Waals surface area contributed by atoms with E-state index in [2.05, 4.69) is 10.1 Å². The van der Waals surface area contributed by atoms with E-state index < -0.39 is 5.79 Å². The SMILES string of the molecule is CC1(CCc2cc(O)n3nccc3n2)OCCO1. The van der Waals surface area contributed by atoms with E-state index in [0.29, 0.717) is 31.7 Å². The van der Waals surface area contributed by atoms with Gasteiger partial charge in [-0.3, -0.25) is 0 Å². The highest BCUT2D eigenvalue weighted by molar-refractivity contribution is 5.40. The second kappa shape index (κ2) is 4.22. The molecule has 0 spiro atoms. The second-order valence-corrected chi connectivity index (χ2v) is 4.54. The van der Waals surface area contributed by atoms with Crippen LogP contribution < -0.4 is 0 Å². The van der Waals surface area contributed by atoms with Gasteiger partial charge in [0.1, 0.15) is 0 Å². The van der Waals surface area contributed by atoms with E-state index >= 15 is 0 Å². The molecule has 6 heteroatoms. The molecule has 2 aromatic heterocycles. The summed E-state index contributed by atoms with van der Waals surface area (Å²) >= 11 is 0. The van der Waals surface area contributed by atoms with Crippen LogP contribution in [-0.2, 0) is 15.9 Å². The Kier molecular flexibility index (Phi) is 2.68. The molecule has 6 nitrogen and oxygen atoms in total. The maximum atomic E-state index is 9.80. The maximum Gasteiger partial charge on any atom is 0.215 e. The molecule has 0 unspecified atom stereocenters. The Morgan fingerprint density at radius 1 is 1.44 bits per heavy atom. The van der Waals surface area contributed by atoms with Crippen LogP contribution in [0.4, 0.5) is 0 Å². The number of hydrogen-bond acceptors (Lipinski definition) is 5. The Balaban J connectivity index is 1.78. The highest BCUT2D eigenvalue weighted by atomic mass is 16.7. The second-order valence-electron chi connectivity index (χ2n) is 4.54. The minimum Gasteiger partial charge on any atom is -0.493 e. The third-order valence-corrected chi connectivity index (χ3v) is 3.13. The Morgan fingerprint density at radius 2 is 2.22 bits per heavy atom. The number of hydrogen-bond donors (Lipinski definition) is 1. The van der Waals surface area contributed by atoms with Crippen LogP contribution in [0.1, 0.15) is 19.0 Å². The summed E-state index contributed by atoms with van der Waals surface area (Å²) in [5, 5.41) is 13.8. The van der Waals surface area contributed by atoms with E-state index in [1.165, 1.54) is 4.52 Å². The Labute approximate surface area is 104 Å². The van der Waals surface area contributed by atoms with Crippen molar-refractivity contribution < 1.29 is 14.6 Å². The average molecular weight is 249 g/mol. The standard InChI is InChI=1S/C12H15N3O3/c1-12(17-6-7-18-12)4-2-9-8-11(16)15-10(14-9)3-5-13-15/h3,5,8,16H,2,4,6-7H2,1H3. The van der Waals surface area contributed by atoms with Crippen LogP contribution in [0.15, 0.2) is 18.3 Å². The van der Waals surface area contributed by atoms with Crippen molar-refractivity contribution in [1.29, 1.82) is 0 Å². The molecule has 0 aliphatic carbocycles. The van der Waals surface area contributed by atoms with Gasteiger partial charge in [0.15, 0.2) is 11.4 Å². The lowest BCUT2D eigenvalue weighted by atomic mass is 10.1. The lowest BCUT2D eigenvalue weighted by Crippen LogP contribution is -2.26. The van der Waals surface area contributed by atoms with Gasteiger partial charge in [0.25, 0.3) is 0 Å². The molecule has 1 N–H and O–H groups in total. The fourth-order valence-electron chi connectivity index (χ4n) is 2.13. The van der Waals surface area contributed by atoms with Gasteiger partial charge in [-0.05, 0) is 13.3 Å². The van der Waals surface area contributed by atoms with Crippen molar-refractivity contribution in [2.75, 3.05) is 13.2 Å². The first-order valence-electron chi connectivity index (χ1n) is 5.97. The number of rotatable bonds is 3. The zero-order chi connectivity index (χ0) is 12.6. The van der Waals surface area contributed by atoms with Crippen LogP contribution in [-0.4, -0.2) is 38.7 Å². The van der Waals surface area contributed by atoms with E-state index in [-0.39, 0.29) is 5.88 Å². The van der Waals surface area contributed by atoms with Crippen LogP contribution in [0.3, 0.4) is 0 Å². The van der Waals surface area contributed by atoms with Crippen molar-refractivity contribution in [2.45, 2.75) is 25.6 Å². The van der Waals surface area contributed by atoms with Crippen LogP contribution in [0.5, 0.6) is 5.88 Å². The lowest BCUT2D eigenvalue weighted by Gasteiger charge is -2.21. The highest BCUT2D eigenvalue weighted by Gasteiger charge is 2.30. The van der Waals surface area contributed by atoms with Gasteiger partial charge in [-0.1, -0.05) is 0 Å². The molecule has 96 valence electrons. The average Bonchev–Trinajstić information content (AvgIpc) is 2.96. The van der Waals surface area contributed by atoms with Crippen LogP contribution >= 0.6 is 0 Å². The minimum absolute atomic E-state index is 0.0958. The molecule has 3 heterocycles. The summed E-state index contributed by atoms with van der Waals surface area (Å²) in [7, 11) is 0. The molecule has 18 heavy (non-hydrogen) atoms. The van der Waals surface area contributed by atoms with E-state index in [9.17, 15) is 5.11 Å². The Hall–Kier alpha value is -1.66. The van der Waals surface area contributed by atoms with Gasteiger partial charge >= 0.3 is 0 Å². The monoisotopic (exact) mass is 249 g/mol. The van der Waals surface area contributed by atoms with Crippen molar-refractivity contribution in [2.24, 2.45) is 0 Å². The normalized spacial score (nSPS) is 18.5. The van der Waals surface area contributed by atoms with Gasteiger partial charge in [-0.25, -0.2) is 4.98 Å². The molecule has 1 fully saturated rings. The van der Waals surface area contributed by atoms with Crippen molar-refractivity contribution in [3.05, 3.63) is 24.0 Å². The third-order valence-electron chi connectivity index (χ3n) is 3.13. The third kappa shape index (κ3) is 2.04. The molecular formula is C12H15N3O3. The summed E-state index contributed by atoms with van der Waals surface area (Å²) < 4.78 is 12.5. The van der Waals surface area contributed by atoms with Crippen molar-refractivity contribution in [1.82, 2.24) is 14.6 Å². The number of fused-ring (bicyclic) bond motifs is 1. The van der Waals surface area contributed by atoms with Crippen LogP contribution in [0.25, 0.3) is 5.65 Å². The minimum atomic E-state index is -0.524. The summed E-state index contributed by atoms with van der Waals surface area (Å²) in [6, 6.07) is 3.38. The van der Waals surface area contributed by atoms with E-state index in [1.807, 2.05) is 6.92 Å². The highest BCUT2D eigenvalue weighted by Crippen LogP contribution is 2.25. The first-order chi connectivity index (χ1) is 8.66. The van der Waals surface area contributed by atoms with Gasteiger partial charge in [-0.2, -0.15) is 9.61 Å². The van der Waals surface area contributed by atoms with Crippen molar-refractivity contribution in [3.8, 4) is 5.88 Å². The maximum absolute atomic E-state index is 9.80. The van der Waals surface area contributed by atoms with E-state index in [1.54, 1.807) is 18.3 Å². The van der Waals surface area contributed by atoms with Crippen molar-refractivity contribution in [3.63, 3.8) is 0 Å². The Morgan fingerprint density at radius 3 is 3.00 bits per heavy atom.